The molecule has 1 saturated heterocycles. The topological polar surface area (TPSA) is 95.7 Å². The van der Waals surface area contributed by atoms with Gasteiger partial charge in [-0.05, 0) is 31.2 Å². The summed E-state index contributed by atoms with van der Waals surface area (Å²) in [6.45, 7) is 3.83. The van der Waals surface area contributed by atoms with Crippen LogP contribution in [0.1, 0.15) is 36.5 Å². The standard InChI is InChI=1S/C16H23N3O4/c1-12(11-20)10-17-16(21)14-9-13(19(22)23)5-6-15(14)18-7-3-2-4-8-18/h5-6,9,12,20H,2-4,7-8,10-11H2,1H3,(H,17,21). The van der Waals surface area contributed by atoms with E-state index in [1.165, 1.54) is 18.6 Å². The lowest BCUT2D eigenvalue weighted by Gasteiger charge is -2.30. The molecule has 0 aromatic heterocycles. The normalized spacial score (nSPS) is 16.0. The van der Waals surface area contributed by atoms with E-state index in [2.05, 4.69) is 10.2 Å². The predicted molar refractivity (Wildman–Crippen MR) is 87.7 cm³/mol. The monoisotopic (exact) mass is 321 g/mol. The number of non-ortho nitro benzene ring substituents is 1. The molecule has 0 saturated carbocycles. The van der Waals surface area contributed by atoms with Gasteiger partial charge in [0.2, 0.25) is 0 Å². The molecule has 2 rings (SSSR count). The highest BCUT2D eigenvalue weighted by Gasteiger charge is 2.22. The Labute approximate surface area is 135 Å². The summed E-state index contributed by atoms with van der Waals surface area (Å²) >= 11 is 0. The van der Waals surface area contributed by atoms with Gasteiger partial charge < -0.3 is 15.3 Å². The molecule has 7 nitrogen and oxygen atoms in total. The van der Waals surface area contributed by atoms with Crippen molar-refractivity contribution in [1.29, 1.82) is 0 Å². The lowest BCUT2D eigenvalue weighted by Crippen LogP contribution is -2.34. The average Bonchev–Trinajstić information content (AvgIpc) is 2.59. The van der Waals surface area contributed by atoms with Crippen molar-refractivity contribution in [2.75, 3.05) is 31.1 Å². The highest BCUT2D eigenvalue weighted by atomic mass is 16.6. The molecule has 1 unspecified atom stereocenters. The first-order valence-electron chi connectivity index (χ1n) is 7.95. The van der Waals surface area contributed by atoms with Gasteiger partial charge in [0.1, 0.15) is 0 Å². The molecule has 23 heavy (non-hydrogen) atoms. The second-order valence-corrected chi connectivity index (χ2v) is 6.00. The lowest BCUT2D eigenvalue weighted by atomic mass is 10.1. The maximum Gasteiger partial charge on any atom is 0.270 e. The molecular formula is C16H23N3O4. The van der Waals surface area contributed by atoms with Gasteiger partial charge in [-0.1, -0.05) is 6.92 Å². The number of aliphatic hydroxyl groups is 1. The number of aliphatic hydroxyl groups excluding tert-OH is 1. The fourth-order valence-electron chi connectivity index (χ4n) is 2.66. The first kappa shape index (κ1) is 17.2. The van der Waals surface area contributed by atoms with Crippen LogP contribution in [-0.4, -0.2) is 42.2 Å². The van der Waals surface area contributed by atoms with Gasteiger partial charge >= 0.3 is 0 Å². The summed E-state index contributed by atoms with van der Waals surface area (Å²) in [4.78, 5) is 25.1. The summed E-state index contributed by atoms with van der Waals surface area (Å²) in [6, 6.07) is 4.44. The Morgan fingerprint density at radius 2 is 2.09 bits per heavy atom. The van der Waals surface area contributed by atoms with Crippen molar-refractivity contribution in [3.63, 3.8) is 0 Å². The highest BCUT2D eigenvalue weighted by molar-refractivity contribution is 6.00. The van der Waals surface area contributed by atoms with Crippen LogP contribution < -0.4 is 10.2 Å². The minimum absolute atomic E-state index is 0.0196. The number of nitro groups is 1. The van der Waals surface area contributed by atoms with Gasteiger partial charge in [0.05, 0.1) is 16.2 Å². The third-order valence-electron chi connectivity index (χ3n) is 4.06. The second kappa shape index (κ2) is 7.92. The van der Waals surface area contributed by atoms with Crippen molar-refractivity contribution in [1.82, 2.24) is 5.32 Å². The minimum Gasteiger partial charge on any atom is -0.396 e. The second-order valence-electron chi connectivity index (χ2n) is 6.00. The number of benzene rings is 1. The molecule has 0 bridgehead atoms. The Hall–Kier alpha value is -2.15. The van der Waals surface area contributed by atoms with Crippen LogP contribution in [0.25, 0.3) is 0 Å². The molecule has 1 amide bonds. The maximum absolute atomic E-state index is 12.5. The molecule has 0 radical (unpaired) electrons. The third-order valence-corrected chi connectivity index (χ3v) is 4.06. The molecule has 0 spiro atoms. The van der Waals surface area contributed by atoms with Crippen LogP contribution in [0.2, 0.25) is 0 Å². The first-order chi connectivity index (χ1) is 11.0. The lowest BCUT2D eigenvalue weighted by molar-refractivity contribution is -0.384. The van der Waals surface area contributed by atoms with E-state index in [1.807, 2.05) is 6.92 Å². The Balaban J connectivity index is 2.26. The molecular weight excluding hydrogens is 298 g/mol. The van der Waals surface area contributed by atoms with Crippen molar-refractivity contribution < 1.29 is 14.8 Å². The van der Waals surface area contributed by atoms with Gasteiger partial charge in [0.15, 0.2) is 0 Å². The van der Waals surface area contributed by atoms with Crippen LogP contribution in [0.3, 0.4) is 0 Å². The van der Waals surface area contributed by atoms with Gasteiger partial charge in [-0.3, -0.25) is 14.9 Å². The molecule has 1 fully saturated rings. The van der Waals surface area contributed by atoms with Gasteiger partial charge in [-0.15, -0.1) is 0 Å². The summed E-state index contributed by atoms with van der Waals surface area (Å²) in [6.07, 6.45) is 3.28. The van der Waals surface area contributed by atoms with Crippen LogP contribution in [-0.2, 0) is 0 Å². The van der Waals surface area contributed by atoms with E-state index < -0.39 is 4.92 Å². The summed E-state index contributed by atoms with van der Waals surface area (Å²) in [7, 11) is 0. The highest BCUT2D eigenvalue weighted by Crippen LogP contribution is 2.28. The molecule has 1 aromatic rings. The van der Waals surface area contributed by atoms with E-state index in [0.29, 0.717) is 12.1 Å². The number of nitro benzene ring substituents is 1. The smallest absolute Gasteiger partial charge is 0.270 e. The van der Waals surface area contributed by atoms with E-state index in [-0.39, 0.29) is 24.1 Å². The Morgan fingerprint density at radius 3 is 2.70 bits per heavy atom. The van der Waals surface area contributed by atoms with Crippen LogP contribution in [0.15, 0.2) is 18.2 Å². The largest absolute Gasteiger partial charge is 0.396 e. The van der Waals surface area contributed by atoms with Crippen molar-refractivity contribution in [2.24, 2.45) is 5.92 Å². The van der Waals surface area contributed by atoms with Crippen molar-refractivity contribution >= 4 is 17.3 Å². The van der Waals surface area contributed by atoms with Crippen LogP contribution >= 0.6 is 0 Å². The number of nitrogens with one attached hydrogen (secondary N) is 1. The van der Waals surface area contributed by atoms with Crippen molar-refractivity contribution in [2.45, 2.75) is 26.2 Å². The number of anilines is 1. The number of carbonyl (C=O) groups excluding carboxylic acids is 1. The quantitative estimate of drug-likeness (QED) is 0.616. The van der Waals surface area contributed by atoms with Crippen molar-refractivity contribution in [3.05, 3.63) is 33.9 Å². The van der Waals surface area contributed by atoms with Gasteiger partial charge in [0.25, 0.3) is 11.6 Å². The predicted octanol–water partition coefficient (Wildman–Crippen LogP) is 1.94. The fourth-order valence-corrected chi connectivity index (χ4v) is 2.66. The maximum atomic E-state index is 12.5. The number of rotatable bonds is 6. The Kier molecular flexibility index (Phi) is 5.92. The summed E-state index contributed by atoms with van der Waals surface area (Å²) < 4.78 is 0. The molecule has 1 aromatic carbocycles. The number of carbonyl (C=O) groups is 1. The molecule has 1 aliphatic rings. The summed E-state index contributed by atoms with van der Waals surface area (Å²) in [5, 5.41) is 22.8. The number of piperidine rings is 1. The fraction of sp³-hybridized carbons (Fsp3) is 0.562. The molecule has 1 atom stereocenters. The van der Waals surface area contributed by atoms with E-state index in [0.717, 1.165) is 31.6 Å². The first-order valence-corrected chi connectivity index (χ1v) is 7.95. The Morgan fingerprint density at radius 1 is 1.39 bits per heavy atom. The van der Waals surface area contributed by atoms with E-state index >= 15 is 0 Å². The Bertz CT molecular complexity index is 570. The van der Waals surface area contributed by atoms with Gasteiger partial charge in [0, 0.05) is 38.4 Å². The summed E-state index contributed by atoms with van der Waals surface area (Å²) in [5.41, 5.74) is 0.974. The molecule has 2 N–H and O–H groups in total. The van der Waals surface area contributed by atoms with Crippen LogP contribution in [0.4, 0.5) is 11.4 Å². The molecule has 1 heterocycles. The van der Waals surface area contributed by atoms with Gasteiger partial charge in [-0.25, -0.2) is 0 Å². The number of nitrogens with zero attached hydrogens (tertiary/aromatic N) is 2. The zero-order valence-electron chi connectivity index (χ0n) is 13.3. The molecule has 0 aliphatic carbocycles. The van der Waals surface area contributed by atoms with Gasteiger partial charge in [-0.2, -0.15) is 0 Å². The van der Waals surface area contributed by atoms with Crippen molar-refractivity contribution in [3.8, 4) is 0 Å². The van der Waals surface area contributed by atoms with Crippen LogP contribution in [0.5, 0.6) is 0 Å². The van der Waals surface area contributed by atoms with E-state index in [4.69, 9.17) is 5.11 Å². The third kappa shape index (κ3) is 4.41. The summed E-state index contributed by atoms with van der Waals surface area (Å²) in [5.74, 6) is -0.398. The average molecular weight is 321 g/mol. The SMILES string of the molecule is CC(CO)CNC(=O)c1cc([N+](=O)[O-])ccc1N1CCCCC1. The van der Waals surface area contributed by atoms with Crippen LogP contribution in [0, 0.1) is 16.0 Å². The van der Waals surface area contributed by atoms with E-state index in [1.54, 1.807) is 6.07 Å². The molecule has 1 aliphatic heterocycles. The zero-order valence-corrected chi connectivity index (χ0v) is 13.3. The zero-order chi connectivity index (χ0) is 16.8. The number of hydrogen-bond acceptors (Lipinski definition) is 5. The number of amides is 1. The minimum atomic E-state index is -0.493. The molecule has 126 valence electrons. The molecule has 7 heteroatoms. The van der Waals surface area contributed by atoms with E-state index in [9.17, 15) is 14.9 Å². The number of hydrogen-bond donors (Lipinski definition) is 2.